The molecule has 2 bridgehead atoms. The van der Waals surface area contributed by atoms with E-state index < -0.39 is 6.69 Å². The molecule has 0 nitrogen and oxygen atoms in total. The van der Waals surface area contributed by atoms with Gasteiger partial charge in [-0.2, -0.15) is 0 Å². The predicted octanol–water partition coefficient (Wildman–Crippen LogP) is 4.28. The minimum Gasteiger partial charge on any atom is -0.145 e. The van der Waals surface area contributed by atoms with E-state index >= 15 is 0 Å². The second-order valence-corrected chi connectivity index (χ2v) is 12.3. The lowest BCUT2D eigenvalue weighted by atomic mass is 10.1. The zero-order chi connectivity index (χ0) is 9.64. The van der Waals surface area contributed by atoms with Crippen LogP contribution in [0, 0.1) is 11.8 Å². The summed E-state index contributed by atoms with van der Waals surface area (Å²) in [5, 5.41) is 0. The molecule has 0 aromatic rings. The van der Waals surface area contributed by atoms with Crippen molar-refractivity contribution in [2.75, 3.05) is 0 Å². The Balaban J connectivity index is 2.14. The van der Waals surface area contributed by atoms with Crippen molar-refractivity contribution >= 4 is 28.9 Å². The molecule has 2 aliphatic rings. The smallest absolute Gasteiger partial charge is 0.145 e. The van der Waals surface area contributed by atoms with E-state index in [9.17, 15) is 0 Å². The van der Waals surface area contributed by atoms with Crippen LogP contribution in [0.2, 0.25) is 11.1 Å². The highest BCUT2D eigenvalue weighted by molar-refractivity contribution is 7.46. The zero-order valence-electron chi connectivity index (χ0n) is 8.13. The molecular weight excluding hydrogens is 219 g/mol. The van der Waals surface area contributed by atoms with Gasteiger partial charge in [0.1, 0.15) is 0 Å². The van der Waals surface area contributed by atoms with Gasteiger partial charge in [0.2, 0.25) is 0 Å². The van der Waals surface area contributed by atoms with E-state index in [1.807, 2.05) is 0 Å². The van der Waals surface area contributed by atoms with Gasteiger partial charge in [-0.15, -0.1) is 22.2 Å². The summed E-state index contributed by atoms with van der Waals surface area (Å²) in [6, 6.07) is 0. The molecule has 1 saturated carbocycles. The summed E-state index contributed by atoms with van der Waals surface area (Å²) in [6.07, 6.45) is 7.25. The predicted molar refractivity (Wildman–Crippen MR) is 61.7 cm³/mol. The number of allylic oxidation sites excluding steroid dienone is 2. The van der Waals surface area contributed by atoms with E-state index in [2.05, 4.69) is 26.0 Å². The van der Waals surface area contributed by atoms with E-state index in [1.54, 1.807) is 0 Å². The third-order valence-electron chi connectivity index (χ3n) is 3.54. The van der Waals surface area contributed by atoms with Gasteiger partial charge in [0.15, 0.2) is 0 Å². The summed E-state index contributed by atoms with van der Waals surface area (Å²) in [4.78, 5) is 0. The average Bonchev–Trinajstić information content (AvgIpc) is 2.63. The molecule has 0 aliphatic heterocycles. The second-order valence-electron chi connectivity index (χ2n) is 4.72. The molecule has 2 rings (SSSR count). The number of rotatable bonds is 2. The fourth-order valence-electron chi connectivity index (χ4n) is 2.65. The molecule has 3 atom stereocenters. The summed E-state index contributed by atoms with van der Waals surface area (Å²) in [5.74, 6) is 1.49. The van der Waals surface area contributed by atoms with Crippen molar-refractivity contribution in [3.63, 3.8) is 0 Å². The maximum absolute atomic E-state index is 6.54. The van der Waals surface area contributed by atoms with Crippen LogP contribution in [0.4, 0.5) is 0 Å². The average molecular weight is 235 g/mol. The minimum absolute atomic E-state index is 0.480. The molecular formula is C10H16Cl2Si. The Kier molecular flexibility index (Phi) is 2.54. The first kappa shape index (κ1) is 10.1. The van der Waals surface area contributed by atoms with Crippen LogP contribution in [0.3, 0.4) is 0 Å². The van der Waals surface area contributed by atoms with Crippen LogP contribution in [-0.4, -0.2) is 6.69 Å². The quantitative estimate of drug-likeness (QED) is 0.380. The monoisotopic (exact) mass is 234 g/mol. The third-order valence-corrected chi connectivity index (χ3v) is 11.0. The van der Waals surface area contributed by atoms with Crippen molar-refractivity contribution in [1.29, 1.82) is 0 Å². The normalized spacial score (nSPS) is 37.8. The molecule has 0 aromatic carbocycles. The number of halogens is 2. The van der Waals surface area contributed by atoms with Crippen LogP contribution < -0.4 is 0 Å². The highest BCUT2D eigenvalue weighted by atomic mass is 35.7. The van der Waals surface area contributed by atoms with Gasteiger partial charge in [0, 0.05) is 0 Å². The number of fused-ring (bicyclic) bond motifs is 2. The zero-order valence-corrected chi connectivity index (χ0v) is 10.6. The molecule has 0 spiro atoms. The molecule has 0 heterocycles. The number of hydrogen-bond donors (Lipinski definition) is 0. The first-order chi connectivity index (χ1) is 6.01. The second kappa shape index (κ2) is 3.29. The lowest BCUT2D eigenvalue weighted by molar-refractivity contribution is 0.675. The van der Waals surface area contributed by atoms with Crippen LogP contribution in [-0.2, 0) is 0 Å². The lowest BCUT2D eigenvalue weighted by Crippen LogP contribution is -2.33. The van der Waals surface area contributed by atoms with E-state index in [0.717, 1.165) is 5.92 Å². The molecule has 0 radical (unpaired) electrons. The molecule has 0 aromatic heterocycles. The van der Waals surface area contributed by atoms with Crippen molar-refractivity contribution in [3.8, 4) is 0 Å². The van der Waals surface area contributed by atoms with Gasteiger partial charge in [-0.25, -0.2) is 0 Å². The number of hydrogen-bond acceptors (Lipinski definition) is 0. The van der Waals surface area contributed by atoms with E-state index in [-0.39, 0.29) is 0 Å². The van der Waals surface area contributed by atoms with Crippen molar-refractivity contribution in [2.24, 2.45) is 11.8 Å². The minimum atomic E-state index is -2.01. The molecule has 3 unspecified atom stereocenters. The molecule has 3 heteroatoms. The van der Waals surface area contributed by atoms with Crippen molar-refractivity contribution < 1.29 is 0 Å². The SMILES string of the molecule is CC(C)[Si](Cl)(Cl)C1CC2C=CC1C2. The maximum atomic E-state index is 6.54. The van der Waals surface area contributed by atoms with Gasteiger partial charge < -0.3 is 0 Å². The Morgan fingerprint density at radius 3 is 2.31 bits per heavy atom. The van der Waals surface area contributed by atoms with Crippen LogP contribution in [0.5, 0.6) is 0 Å². The summed E-state index contributed by atoms with van der Waals surface area (Å²) < 4.78 is 0. The van der Waals surface area contributed by atoms with Crippen molar-refractivity contribution in [3.05, 3.63) is 12.2 Å². The largest absolute Gasteiger partial charge is 0.257 e. The Morgan fingerprint density at radius 2 is 1.92 bits per heavy atom. The third kappa shape index (κ3) is 1.60. The Morgan fingerprint density at radius 1 is 1.23 bits per heavy atom. The van der Waals surface area contributed by atoms with Crippen LogP contribution in [0.15, 0.2) is 12.2 Å². The highest BCUT2D eigenvalue weighted by Crippen LogP contribution is 2.56. The van der Waals surface area contributed by atoms with E-state index in [0.29, 0.717) is 17.0 Å². The Labute approximate surface area is 90.7 Å². The van der Waals surface area contributed by atoms with Gasteiger partial charge in [0.05, 0.1) is 0 Å². The van der Waals surface area contributed by atoms with Gasteiger partial charge in [-0.3, -0.25) is 0 Å². The highest BCUT2D eigenvalue weighted by Gasteiger charge is 2.50. The summed E-state index contributed by atoms with van der Waals surface area (Å²) in [6.45, 7) is 2.33. The van der Waals surface area contributed by atoms with Gasteiger partial charge in [0.25, 0.3) is 6.69 Å². The molecule has 2 aliphatic carbocycles. The molecule has 0 saturated heterocycles. The molecule has 0 amide bonds. The summed E-state index contributed by atoms with van der Waals surface area (Å²) in [5.41, 5.74) is 1.10. The lowest BCUT2D eigenvalue weighted by Gasteiger charge is -2.31. The molecule has 1 fully saturated rings. The van der Waals surface area contributed by atoms with Gasteiger partial charge in [-0.05, 0) is 35.8 Å². The molecule has 0 N–H and O–H groups in total. The molecule has 74 valence electrons. The Bertz CT molecular complexity index is 235. The van der Waals surface area contributed by atoms with Crippen molar-refractivity contribution in [2.45, 2.75) is 37.8 Å². The van der Waals surface area contributed by atoms with Crippen LogP contribution in [0.1, 0.15) is 26.7 Å². The van der Waals surface area contributed by atoms with Gasteiger partial charge in [-0.1, -0.05) is 26.0 Å². The fourth-order valence-corrected chi connectivity index (χ4v) is 6.45. The summed E-state index contributed by atoms with van der Waals surface area (Å²) >= 11 is 13.1. The molecule has 13 heavy (non-hydrogen) atoms. The maximum Gasteiger partial charge on any atom is 0.257 e. The van der Waals surface area contributed by atoms with E-state index in [1.165, 1.54) is 12.8 Å². The standard InChI is InChI=1S/C10H16Cl2Si/c1-7(2)13(11,12)10-6-8-3-4-9(10)5-8/h3-4,7-10H,5-6H2,1-2H3. The fraction of sp³-hybridized carbons (Fsp3) is 0.800. The van der Waals surface area contributed by atoms with Gasteiger partial charge >= 0.3 is 0 Å². The van der Waals surface area contributed by atoms with Crippen molar-refractivity contribution in [1.82, 2.24) is 0 Å². The Hall–Kier alpha value is 0.537. The summed E-state index contributed by atoms with van der Waals surface area (Å²) in [7, 11) is 0. The van der Waals surface area contributed by atoms with Crippen LogP contribution in [0.25, 0.3) is 0 Å². The van der Waals surface area contributed by atoms with Crippen LogP contribution >= 0.6 is 22.2 Å². The first-order valence-corrected chi connectivity index (χ1v) is 9.25. The first-order valence-electron chi connectivity index (χ1n) is 5.08. The topological polar surface area (TPSA) is 0 Å². The van der Waals surface area contributed by atoms with E-state index in [4.69, 9.17) is 22.2 Å².